The lowest BCUT2D eigenvalue weighted by atomic mass is 10.0. The smallest absolute Gasteiger partial charge is 0.139 e. The minimum atomic E-state index is 0.784. The summed E-state index contributed by atoms with van der Waals surface area (Å²) >= 11 is 1.84. The van der Waals surface area contributed by atoms with Gasteiger partial charge in [-0.2, -0.15) is 0 Å². The zero-order valence-corrected chi connectivity index (χ0v) is 39.5. The van der Waals surface area contributed by atoms with Gasteiger partial charge in [-0.05, 0) is 119 Å². The number of nitrogens with zero attached hydrogens (tertiary/aromatic N) is 3. The average Bonchev–Trinajstić information content (AvgIpc) is 4.02. The Balaban J connectivity index is 1.10. The average molecular weight is 928 g/mol. The molecule has 13 rings (SSSR count). The number of rotatable bonds is 11. The molecule has 4 nitrogen and oxygen atoms in total. The number of benzene rings is 11. The Morgan fingerprint density at radius 3 is 1.30 bits per heavy atom. The van der Waals surface area contributed by atoms with Crippen LogP contribution >= 0.6 is 11.3 Å². The van der Waals surface area contributed by atoms with Gasteiger partial charge in [0.2, 0.25) is 0 Å². The van der Waals surface area contributed by atoms with E-state index >= 15 is 0 Å². The van der Waals surface area contributed by atoms with E-state index in [0.717, 1.165) is 84.3 Å². The summed E-state index contributed by atoms with van der Waals surface area (Å²) < 4.78 is 9.63. The molecule has 0 saturated heterocycles. The normalized spacial score (nSPS) is 11.4. The van der Waals surface area contributed by atoms with Crippen LogP contribution in [-0.2, 0) is 0 Å². The van der Waals surface area contributed by atoms with Crippen molar-refractivity contribution in [1.82, 2.24) is 0 Å². The van der Waals surface area contributed by atoms with E-state index in [9.17, 15) is 0 Å². The molecular formula is C66H45N3OS. The fraction of sp³-hybridized carbons (Fsp3) is 0. The molecule has 0 radical (unpaired) electrons. The number of furan rings is 1. The molecule has 0 atom stereocenters. The monoisotopic (exact) mass is 927 g/mol. The standard InChI is InChI=1S/C66H45N3OS/c1-6-19-46(20-7-1)48-33-37-53(38-34-48)68(54-39-35-49(36-40-54)47-21-8-2-9-22-47)61-44-56(69(52-27-14-5-15-28-52)60-31-18-30-58-57-29-16-17-32-64(57)71-66(58)60)45-63-65(61)59-43-55(41-42-62(59)70-63)67(50-23-10-3-11-24-50)51-25-12-4-13-26-51/h1-45H. The third kappa shape index (κ3) is 7.75. The maximum atomic E-state index is 7.14. The van der Waals surface area contributed by atoms with Gasteiger partial charge >= 0.3 is 0 Å². The van der Waals surface area contributed by atoms with Crippen LogP contribution in [0.15, 0.2) is 277 Å². The summed E-state index contributed by atoms with van der Waals surface area (Å²) in [4.78, 5) is 7.13. The zero-order chi connectivity index (χ0) is 47.1. The number of fused-ring (bicyclic) bond motifs is 6. The van der Waals surface area contributed by atoms with Gasteiger partial charge in [0.1, 0.15) is 11.2 Å². The molecule has 0 aliphatic heterocycles. The number of para-hydroxylation sites is 3. The molecule has 5 heteroatoms. The van der Waals surface area contributed by atoms with E-state index in [1.807, 2.05) is 11.3 Å². The summed E-state index contributed by atoms with van der Waals surface area (Å²) in [5.41, 5.74) is 15.6. The first-order valence-corrected chi connectivity index (χ1v) is 24.8. The predicted octanol–water partition coefficient (Wildman–Crippen LogP) is 19.7. The van der Waals surface area contributed by atoms with Crippen molar-refractivity contribution >= 4 is 105 Å². The molecule has 0 saturated carbocycles. The molecule has 71 heavy (non-hydrogen) atoms. The van der Waals surface area contributed by atoms with E-state index in [4.69, 9.17) is 4.42 Å². The van der Waals surface area contributed by atoms with Crippen LogP contribution in [0, 0.1) is 0 Å². The van der Waals surface area contributed by atoms with Crippen LogP contribution in [0.25, 0.3) is 64.4 Å². The molecule has 0 N–H and O–H groups in total. The fourth-order valence-corrected chi connectivity index (χ4v) is 11.3. The number of hydrogen-bond acceptors (Lipinski definition) is 5. The van der Waals surface area contributed by atoms with E-state index < -0.39 is 0 Å². The van der Waals surface area contributed by atoms with Crippen LogP contribution in [0.2, 0.25) is 0 Å². The third-order valence-corrected chi connectivity index (χ3v) is 14.6. The van der Waals surface area contributed by atoms with E-state index in [1.165, 1.54) is 31.3 Å². The van der Waals surface area contributed by atoms with E-state index in [2.05, 4.69) is 288 Å². The molecule has 0 fully saturated rings. The van der Waals surface area contributed by atoms with Crippen LogP contribution in [0.3, 0.4) is 0 Å². The zero-order valence-electron chi connectivity index (χ0n) is 38.6. The van der Waals surface area contributed by atoms with Crippen molar-refractivity contribution < 1.29 is 4.42 Å². The molecule has 336 valence electrons. The quantitative estimate of drug-likeness (QED) is 0.129. The van der Waals surface area contributed by atoms with Gasteiger partial charge in [-0.15, -0.1) is 11.3 Å². The Hall–Kier alpha value is -9.16. The van der Waals surface area contributed by atoms with Gasteiger partial charge in [0.05, 0.1) is 27.1 Å². The van der Waals surface area contributed by atoms with Crippen LogP contribution < -0.4 is 14.7 Å². The minimum absolute atomic E-state index is 0.784. The number of hydrogen-bond donors (Lipinski definition) is 0. The van der Waals surface area contributed by atoms with Crippen molar-refractivity contribution in [3.05, 3.63) is 273 Å². The van der Waals surface area contributed by atoms with Gasteiger partial charge in [-0.3, -0.25) is 0 Å². The van der Waals surface area contributed by atoms with Crippen molar-refractivity contribution in [3.63, 3.8) is 0 Å². The first kappa shape index (κ1) is 42.0. The summed E-state index contributed by atoms with van der Waals surface area (Å²) in [6.07, 6.45) is 0. The summed E-state index contributed by atoms with van der Waals surface area (Å²) in [5.74, 6) is 0. The van der Waals surface area contributed by atoms with E-state index in [-0.39, 0.29) is 0 Å². The lowest BCUT2D eigenvalue weighted by Gasteiger charge is -2.30. The van der Waals surface area contributed by atoms with Crippen molar-refractivity contribution in [2.24, 2.45) is 0 Å². The molecule has 0 spiro atoms. The van der Waals surface area contributed by atoms with Crippen molar-refractivity contribution in [3.8, 4) is 22.3 Å². The first-order valence-electron chi connectivity index (χ1n) is 24.0. The molecule has 0 unspecified atom stereocenters. The summed E-state index contributed by atoms with van der Waals surface area (Å²) in [7, 11) is 0. The highest BCUT2D eigenvalue weighted by Gasteiger charge is 2.26. The molecule has 0 bridgehead atoms. The molecule has 0 amide bonds. The largest absolute Gasteiger partial charge is 0.456 e. The maximum absolute atomic E-state index is 7.14. The maximum Gasteiger partial charge on any atom is 0.139 e. The predicted molar refractivity (Wildman–Crippen MR) is 302 cm³/mol. The Morgan fingerprint density at radius 1 is 0.268 bits per heavy atom. The second-order valence-corrected chi connectivity index (χ2v) is 18.8. The Morgan fingerprint density at radius 2 is 0.718 bits per heavy atom. The highest BCUT2D eigenvalue weighted by atomic mass is 32.1. The van der Waals surface area contributed by atoms with Gasteiger partial charge in [0.15, 0.2) is 0 Å². The van der Waals surface area contributed by atoms with E-state index in [0.29, 0.717) is 0 Å². The number of anilines is 9. The molecule has 13 aromatic rings. The summed E-state index contributed by atoms with van der Waals surface area (Å²) in [6, 6.07) is 97.6. The lowest BCUT2D eigenvalue weighted by molar-refractivity contribution is 0.669. The minimum Gasteiger partial charge on any atom is -0.456 e. The Bertz CT molecular complexity index is 3850. The third-order valence-electron chi connectivity index (χ3n) is 13.4. The van der Waals surface area contributed by atoms with E-state index in [1.54, 1.807) is 0 Å². The molecule has 11 aromatic carbocycles. The lowest BCUT2D eigenvalue weighted by Crippen LogP contribution is -2.14. The van der Waals surface area contributed by atoms with Crippen LogP contribution in [0.1, 0.15) is 0 Å². The van der Waals surface area contributed by atoms with Gasteiger partial charge in [-0.25, -0.2) is 0 Å². The topological polar surface area (TPSA) is 22.9 Å². The second-order valence-electron chi connectivity index (χ2n) is 17.7. The Kier molecular flexibility index (Phi) is 10.7. The second kappa shape index (κ2) is 18.1. The van der Waals surface area contributed by atoms with Crippen molar-refractivity contribution in [1.29, 1.82) is 0 Å². The highest BCUT2D eigenvalue weighted by molar-refractivity contribution is 7.26. The van der Waals surface area contributed by atoms with Crippen LogP contribution in [0.4, 0.5) is 51.2 Å². The number of thiophene rings is 1. The summed E-state index contributed by atoms with van der Waals surface area (Å²) in [6.45, 7) is 0. The summed E-state index contributed by atoms with van der Waals surface area (Å²) in [5, 5.41) is 4.52. The van der Waals surface area contributed by atoms with Gasteiger partial charge < -0.3 is 19.1 Å². The van der Waals surface area contributed by atoms with Gasteiger partial charge in [0, 0.05) is 61.0 Å². The van der Waals surface area contributed by atoms with Crippen LogP contribution in [-0.4, -0.2) is 0 Å². The molecular weight excluding hydrogens is 883 g/mol. The van der Waals surface area contributed by atoms with Crippen molar-refractivity contribution in [2.45, 2.75) is 0 Å². The SMILES string of the molecule is c1ccc(-c2ccc(N(c3ccc(-c4ccccc4)cc3)c3cc(N(c4ccccc4)c4cccc5c4sc4ccccc45)cc4oc5ccc(N(c6ccccc6)c6ccccc6)cc5c34)cc2)cc1. The first-order chi connectivity index (χ1) is 35.2. The Labute approximate surface area is 416 Å². The molecule has 0 aliphatic carbocycles. The molecule has 2 aromatic heterocycles. The molecule has 2 heterocycles. The fourth-order valence-electron chi connectivity index (χ4n) is 10.1. The van der Waals surface area contributed by atoms with Crippen LogP contribution in [0.5, 0.6) is 0 Å². The molecule has 0 aliphatic rings. The van der Waals surface area contributed by atoms with Gasteiger partial charge in [0.25, 0.3) is 0 Å². The van der Waals surface area contributed by atoms with Gasteiger partial charge in [-0.1, -0.05) is 170 Å². The highest BCUT2D eigenvalue weighted by Crippen LogP contribution is 2.51. The van der Waals surface area contributed by atoms with Crippen molar-refractivity contribution in [2.75, 3.05) is 14.7 Å².